The molecule has 0 aliphatic rings. The molecule has 1 heterocycles. The summed E-state index contributed by atoms with van der Waals surface area (Å²) in [6.45, 7) is 4.15. The highest BCUT2D eigenvalue weighted by Crippen LogP contribution is 2.21. The first-order valence-corrected chi connectivity index (χ1v) is 8.65. The molecule has 1 aromatic heterocycles. The topological polar surface area (TPSA) is 71.1 Å². The summed E-state index contributed by atoms with van der Waals surface area (Å²) in [5, 5.41) is 6.21. The van der Waals surface area contributed by atoms with Gasteiger partial charge in [0.25, 0.3) is 0 Å². The van der Waals surface area contributed by atoms with Crippen LogP contribution in [0.4, 0.5) is 5.69 Å². The average Bonchev–Trinajstić information content (AvgIpc) is 2.93. The largest absolute Gasteiger partial charge is 0.376 e. The van der Waals surface area contributed by atoms with Gasteiger partial charge in [-0.15, -0.1) is 11.3 Å². The molecule has 0 aliphatic heterocycles. The van der Waals surface area contributed by atoms with Crippen molar-refractivity contribution in [3.8, 4) is 0 Å². The maximum absolute atomic E-state index is 11.8. The number of thiazole rings is 1. The average molecular weight is 311 g/mol. The van der Waals surface area contributed by atoms with Gasteiger partial charge in [0.15, 0.2) is 0 Å². The van der Waals surface area contributed by atoms with Crippen molar-refractivity contribution in [2.45, 2.75) is 24.8 Å². The van der Waals surface area contributed by atoms with Gasteiger partial charge in [-0.2, -0.15) is 0 Å². The number of sulfonamides is 1. The maximum atomic E-state index is 11.8. The highest BCUT2D eigenvalue weighted by molar-refractivity contribution is 7.89. The summed E-state index contributed by atoms with van der Waals surface area (Å²) in [7, 11) is -3.39. The lowest BCUT2D eigenvalue weighted by Gasteiger charge is -2.13. The normalized spacial score (nSPS) is 13.1. The number of benzene rings is 1. The van der Waals surface area contributed by atoms with Crippen LogP contribution in [0.25, 0.3) is 0 Å². The fraction of sp³-hybridized carbons (Fsp3) is 0.308. The van der Waals surface area contributed by atoms with Gasteiger partial charge in [0.05, 0.1) is 10.9 Å². The molecule has 7 heteroatoms. The van der Waals surface area contributed by atoms with Crippen molar-refractivity contribution >= 4 is 27.0 Å². The van der Waals surface area contributed by atoms with Crippen molar-refractivity contribution in [3.63, 3.8) is 0 Å². The molecule has 2 aromatic rings. The molecular weight excluding hydrogens is 294 g/mol. The van der Waals surface area contributed by atoms with Gasteiger partial charge >= 0.3 is 0 Å². The van der Waals surface area contributed by atoms with Crippen molar-refractivity contribution in [2.24, 2.45) is 0 Å². The van der Waals surface area contributed by atoms with Crippen LogP contribution in [0.3, 0.4) is 0 Å². The Morgan fingerprint density at radius 2 is 2.00 bits per heavy atom. The van der Waals surface area contributed by atoms with E-state index in [9.17, 15) is 8.42 Å². The molecule has 0 fully saturated rings. The lowest BCUT2D eigenvalue weighted by atomic mass is 10.3. The zero-order valence-electron chi connectivity index (χ0n) is 11.3. The predicted octanol–water partition coefficient (Wildman–Crippen LogP) is 2.61. The third kappa shape index (κ3) is 3.56. The van der Waals surface area contributed by atoms with Gasteiger partial charge in [0.2, 0.25) is 10.0 Å². The lowest BCUT2D eigenvalue weighted by Crippen LogP contribution is -2.23. The molecule has 1 aromatic carbocycles. The van der Waals surface area contributed by atoms with E-state index in [-0.39, 0.29) is 10.9 Å². The number of hydrogen-bond acceptors (Lipinski definition) is 5. The fourth-order valence-corrected chi connectivity index (χ4v) is 3.45. The molecule has 1 atom stereocenters. The second-order valence-electron chi connectivity index (χ2n) is 4.26. The molecule has 0 saturated carbocycles. The fourth-order valence-electron chi connectivity index (χ4n) is 1.76. The molecule has 1 unspecified atom stereocenters. The van der Waals surface area contributed by atoms with Crippen LogP contribution in [0, 0.1) is 0 Å². The van der Waals surface area contributed by atoms with E-state index < -0.39 is 10.0 Å². The minimum atomic E-state index is -3.39. The molecule has 0 bridgehead atoms. The second-order valence-corrected chi connectivity index (χ2v) is 6.96. The smallest absolute Gasteiger partial charge is 0.240 e. The Kier molecular flexibility index (Phi) is 4.74. The first-order chi connectivity index (χ1) is 9.53. The number of rotatable bonds is 6. The SMILES string of the molecule is CCNS(=O)(=O)c1ccc(NC(C)c2nccs2)cc1. The Bertz CT molecular complexity index is 637. The van der Waals surface area contributed by atoms with Crippen LogP contribution in [-0.4, -0.2) is 19.9 Å². The summed E-state index contributed by atoms with van der Waals surface area (Å²) in [6.07, 6.45) is 1.77. The summed E-state index contributed by atoms with van der Waals surface area (Å²) in [5.41, 5.74) is 0.864. The minimum absolute atomic E-state index is 0.0891. The third-order valence-electron chi connectivity index (χ3n) is 2.70. The summed E-state index contributed by atoms with van der Waals surface area (Å²) in [6, 6.07) is 6.79. The monoisotopic (exact) mass is 311 g/mol. The second kappa shape index (κ2) is 6.34. The molecule has 0 saturated heterocycles. The van der Waals surface area contributed by atoms with Crippen molar-refractivity contribution in [2.75, 3.05) is 11.9 Å². The summed E-state index contributed by atoms with van der Waals surface area (Å²) in [5.74, 6) is 0. The molecule has 0 amide bonds. The van der Waals surface area contributed by atoms with Gasteiger partial charge in [0.1, 0.15) is 5.01 Å². The Morgan fingerprint density at radius 1 is 1.30 bits per heavy atom. The van der Waals surface area contributed by atoms with Crippen LogP contribution in [0.5, 0.6) is 0 Å². The quantitative estimate of drug-likeness (QED) is 0.860. The summed E-state index contributed by atoms with van der Waals surface area (Å²) in [4.78, 5) is 4.51. The summed E-state index contributed by atoms with van der Waals surface area (Å²) < 4.78 is 26.1. The molecule has 0 radical (unpaired) electrons. The number of aromatic nitrogens is 1. The van der Waals surface area contributed by atoms with Gasteiger partial charge in [-0.3, -0.25) is 0 Å². The van der Waals surface area contributed by atoms with Gasteiger partial charge in [-0.05, 0) is 31.2 Å². The van der Waals surface area contributed by atoms with Gasteiger partial charge in [-0.25, -0.2) is 18.1 Å². The first-order valence-electron chi connectivity index (χ1n) is 6.28. The molecule has 2 N–H and O–H groups in total. The molecule has 2 rings (SSSR count). The van der Waals surface area contributed by atoms with E-state index in [4.69, 9.17) is 0 Å². The molecule has 20 heavy (non-hydrogen) atoms. The molecule has 0 spiro atoms. The minimum Gasteiger partial charge on any atom is -0.376 e. The van der Waals surface area contributed by atoms with Crippen LogP contribution < -0.4 is 10.0 Å². The van der Waals surface area contributed by atoms with Crippen LogP contribution >= 0.6 is 11.3 Å². The van der Waals surface area contributed by atoms with Crippen LogP contribution in [0.2, 0.25) is 0 Å². The predicted molar refractivity (Wildman–Crippen MR) is 81.5 cm³/mol. The van der Waals surface area contributed by atoms with Gasteiger partial charge in [0, 0.05) is 23.8 Å². The number of hydrogen-bond donors (Lipinski definition) is 2. The Balaban J connectivity index is 2.09. The van der Waals surface area contributed by atoms with Crippen molar-refractivity contribution in [1.82, 2.24) is 9.71 Å². The van der Waals surface area contributed by atoms with Crippen LogP contribution in [0.1, 0.15) is 24.9 Å². The van der Waals surface area contributed by atoms with E-state index in [1.807, 2.05) is 12.3 Å². The van der Waals surface area contributed by atoms with Crippen LogP contribution in [-0.2, 0) is 10.0 Å². The van der Waals surface area contributed by atoms with E-state index in [1.165, 1.54) is 0 Å². The lowest BCUT2D eigenvalue weighted by molar-refractivity contribution is 0.584. The molecular formula is C13H17N3O2S2. The molecule has 5 nitrogen and oxygen atoms in total. The van der Waals surface area contributed by atoms with E-state index in [1.54, 1.807) is 48.7 Å². The number of nitrogens with zero attached hydrogens (tertiary/aromatic N) is 1. The van der Waals surface area contributed by atoms with E-state index in [0.29, 0.717) is 6.54 Å². The number of anilines is 1. The maximum Gasteiger partial charge on any atom is 0.240 e. The van der Waals surface area contributed by atoms with Gasteiger partial charge in [-0.1, -0.05) is 6.92 Å². The zero-order valence-corrected chi connectivity index (χ0v) is 13.0. The van der Waals surface area contributed by atoms with Crippen molar-refractivity contribution in [3.05, 3.63) is 40.8 Å². The Hall–Kier alpha value is -1.44. The van der Waals surface area contributed by atoms with E-state index in [2.05, 4.69) is 15.0 Å². The summed E-state index contributed by atoms with van der Waals surface area (Å²) >= 11 is 1.58. The standard InChI is InChI=1S/C13H17N3O2S2/c1-3-15-20(17,18)12-6-4-11(5-7-12)16-10(2)13-14-8-9-19-13/h4-10,15-16H,3H2,1-2H3. The highest BCUT2D eigenvalue weighted by atomic mass is 32.2. The third-order valence-corrected chi connectivity index (χ3v) is 5.22. The van der Waals surface area contributed by atoms with E-state index in [0.717, 1.165) is 10.7 Å². The van der Waals surface area contributed by atoms with Crippen molar-refractivity contribution < 1.29 is 8.42 Å². The molecule has 0 aliphatic carbocycles. The Morgan fingerprint density at radius 3 is 2.55 bits per heavy atom. The highest BCUT2D eigenvalue weighted by Gasteiger charge is 2.13. The van der Waals surface area contributed by atoms with Crippen molar-refractivity contribution in [1.29, 1.82) is 0 Å². The first kappa shape index (κ1) is 15.0. The van der Waals surface area contributed by atoms with Gasteiger partial charge < -0.3 is 5.32 Å². The van der Waals surface area contributed by atoms with Crippen LogP contribution in [0.15, 0.2) is 40.7 Å². The molecule has 108 valence electrons. The zero-order chi connectivity index (χ0) is 14.6. The number of nitrogens with one attached hydrogen (secondary N) is 2. The van der Waals surface area contributed by atoms with E-state index >= 15 is 0 Å². The Labute approximate surface area is 123 Å².